The Labute approximate surface area is 358 Å². The third-order valence-corrected chi connectivity index (χ3v) is 11.7. The van der Waals surface area contributed by atoms with Crippen LogP contribution in [0.5, 0.6) is 0 Å². The summed E-state index contributed by atoms with van der Waals surface area (Å²) in [6.45, 7) is 4.47. The number of rotatable bonds is 10. The van der Waals surface area contributed by atoms with Crippen LogP contribution in [0.25, 0.3) is 22.5 Å². The van der Waals surface area contributed by atoms with Crippen molar-refractivity contribution in [2.75, 3.05) is 13.1 Å². The third-order valence-electron chi connectivity index (χ3n) is 11.7. The van der Waals surface area contributed by atoms with Crippen LogP contribution in [0.1, 0.15) is 90.2 Å². The van der Waals surface area contributed by atoms with Crippen LogP contribution in [-0.4, -0.2) is 77.0 Å². The number of aromatic amines is 2. The van der Waals surface area contributed by atoms with Gasteiger partial charge in [0.05, 0.1) is 35.9 Å². The Morgan fingerprint density at radius 1 is 0.710 bits per heavy atom. The lowest BCUT2D eigenvalue weighted by Crippen LogP contribution is -2.55. The summed E-state index contributed by atoms with van der Waals surface area (Å²) in [5.41, 5.74) is 5.59. The maximum absolute atomic E-state index is 14.2. The van der Waals surface area contributed by atoms with Crippen molar-refractivity contribution in [3.05, 3.63) is 155 Å². The van der Waals surface area contributed by atoms with E-state index in [2.05, 4.69) is 42.4 Å². The standard InChI is InChI=1S/C48H46N8O6/c1-30-10-6-7-13-36(30)48(2,54-47(61)62)45(58)56-27-9-15-40(56)43-50-29-38(52-43)34-24-20-32(21-25-34)17-16-31-18-22-33(23-19-31)37-28-49-42(51-37)39-14-8-26-55(39)44(57)41(53-46(59)60)35-11-4-3-5-12-35/h3-7,10-13,18-25,28-29,39-41,53-54H,8-9,14-15,26-27H2,1-2H3,(H,49,51)(H,50,52)(H,59,60)(H,61,62)/t39?,40-,41?,48+/m0/s1. The van der Waals surface area contributed by atoms with Crippen LogP contribution < -0.4 is 10.6 Å². The highest BCUT2D eigenvalue weighted by molar-refractivity contribution is 5.91. The van der Waals surface area contributed by atoms with Gasteiger partial charge in [-0.2, -0.15) is 0 Å². The number of amides is 4. The molecule has 2 aromatic heterocycles. The zero-order valence-electron chi connectivity index (χ0n) is 34.3. The number of carbonyl (C=O) groups is 4. The van der Waals surface area contributed by atoms with Gasteiger partial charge >= 0.3 is 12.2 Å². The SMILES string of the molecule is Cc1ccccc1[C@@](C)(NC(=O)O)C(=O)N1CCC[C@H]1c1ncc(-c2ccc(C#Cc3ccc(-c4cnc(C5CCCN5C(=O)C(NC(=O)O)c5ccccc5)[nH]4)cc3)cc2)[nH]1. The number of carbonyl (C=O) groups excluding carboxylic acids is 2. The molecule has 62 heavy (non-hydrogen) atoms. The summed E-state index contributed by atoms with van der Waals surface area (Å²) in [5.74, 6) is 7.12. The number of hydrogen-bond acceptors (Lipinski definition) is 6. The van der Waals surface area contributed by atoms with Crippen molar-refractivity contribution in [2.24, 2.45) is 0 Å². The molecule has 2 fully saturated rings. The van der Waals surface area contributed by atoms with Gasteiger partial charge in [-0.15, -0.1) is 0 Å². The minimum atomic E-state index is -1.47. The Bertz CT molecular complexity index is 2660. The van der Waals surface area contributed by atoms with Gasteiger partial charge in [-0.05, 0) is 91.6 Å². The first kappa shape index (κ1) is 41.1. The minimum absolute atomic E-state index is 0.311. The number of benzene rings is 4. The van der Waals surface area contributed by atoms with E-state index >= 15 is 0 Å². The van der Waals surface area contributed by atoms with E-state index < -0.39 is 23.8 Å². The van der Waals surface area contributed by atoms with Crippen LogP contribution >= 0.6 is 0 Å². The van der Waals surface area contributed by atoms with E-state index in [4.69, 9.17) is 0 Å². The summed E-state index contributed by atoms with van der Waals surface area (Å²) in [4.78, 5) is 70.9. The van der Waals surface area contributed by atoms with Crippen LogP contribution in [-0.2, 0) is 15.1 Å². The number of imidazole rings is 2. The van der Waals surface area contributed by atoms with Crippen molar-refractivity contribution < 1.29 is 29.4 Å². The van der Waals surface area contributed by atoms with Gasteiger partial charge in [0.1, 0.15) is 23.2 Å². The van der Waals surface area contributed by atoms with Crippen LogP contribution in [0, 0.1) is 18.8 Å². The fourth-order valence-corrected chi connectivity index (χ4v) is 8.62. The summed E-state index contributed by atoms with van der Waals surface area (Å²) in [5, 5.41) is 24.1. The molecule has 4 heterocycles. The van der Waals surface area contributed by atoms with Gasteiger partial charge in [-0.3, -0.25) is 9.59 Å². The lowest BCUT2D eigenvalue weighted by molar-refractivity contribution is -0.139. The summed E-state index contributed by atoms with van der Waals surface area (Å²) < 4.78 is 0. The van der Waals surface area contributed by atoms with Crippen LogP contribution in [0.15, 0.2) is 116 Å². The molecule has 2 aliphatic rings. The minimum Gasteiger partial charge on any atom is -0.465 e. The number of aryl methyl sites for hydroxylation is 1. The summed E-state index contributed by atoms with van der Waals surface area (Å²) in [6.07, 6.45) is 3.90. The fourth-order valence-electron chi connectivity index (χ4n) is 8.62. The smallest absolute Gasteiger partial charge is 0.405 e. The van der Waals surface area contributed by atoms with Crippen molar-refractivity contribution >= 4 is 24.0 Å². The lowest BCUT2D eigenvalue weighted by Gasteiger charge is -2.36. The van der Waals surface area contributed by atoms with Crippen molar-refractivity contribution in [3.63, 3.8) is 0 Å². The van der Waals surface area contributed by atoms with Crippen LogP contribution in [0.3, 0.4) is 0 Å². The molecule has 0 bridgehead atoms. The summed E-state index contributed by atoms with van der Waals surface area (Å²) in [6, 6.07) is 30.1. The molecular weight excluding hydrogens is 785 g/mol. The van der Waals surface area contributed by atoms with Gasteiger partial charge in [0.15, 0.2) is 0 Å². The van der Waals surface area contributed by atoms with Crippen LogP contribution in [0.2, 0.25) is 0 Å². The third kappa shape index (κ3) is 8.51. The topological polar surface area (TPSA) is 197 Å². The first-order valence-electron chi connectivity index (χ1n) is 20.5. The number of carboxylic acid groups (broad SMARTS) is 2. The van der Waals surface area contributed by atoms with Gasteiger partial charge < -0.3 is 40.6 Å². The first-order chi connectivity index (χ1) is 30.0. The molecule has 4 atom stereocenters. The van der Waals surface area contributed by atoms with Crippen molar-refractivity contribution in [1.29, 1.82) is 0 Å². The monoisotopic (exact) mass is 830 g/mol. The molecule has 2 saturated heterocycles. The van der Waals surface area contributed by atoms with E-state index in [0.717, 1.165) is 52.0 Å². The molecule has 2 aliphatic heterocycles. The highest BCUT2D eigenvalue weighted by atomic mass is 16.4. The highest BCUT2D eigenvalue weighted by Crippen LogP contribution is 2.37. The average molecular weight is 831 g/mol. The number of likely N-dealkylation sites (tertiary alicyclic amines) is 2. The molecule has 0 saturated carbocycles. The molecule has 8 rings (SSSR count). The molecule has 14 heteroatoms. The fraction of sp³-hybridized carbons (Fsp3) is 0.250. The lowest BCUT2D eigenvalue weighted by atomic mass is 9.87. The van der Waals surface area contributed by atoms with Gasteiger partial charge in [0, 0.05) is 24.2 Å². The molecule has 0 aliphatic carbocycles. The second kappa shape index (κ2) is 17.5. The van der Waals surface area contributed by atoms with Gasteiger partial charge in [-0.25, -0.2) is 19.6 Å². The molecule has 0 radical (unpaired) electrons. The highest BCUT2D eigenvalue weighted by Gasteiger charge is 2.45. The zero-order valence-corrected chi connectivity index (χ0v) is 34.3. The Kier molecular flexibility index (Phi) is 11.6. The molecule has 6 aromatic rings. The number of nitrogens with one attached hydrogen (secondary N) is 4. The van der Waals surface area contributed by atoms with Crippen molar-refractivity contribution in [1.82, 2.24) is 40.4 Å². The Morgan fingerprint density at radius 2 is 1.23 bits per heavy atom. The maximum Gasteiger partial charge on any atom is 0.405 e. The van der Waals surface area contributed by atoms with E-state index in [1.54, 1.807) is 65.5 Å². The number of aromatic nitrogens is 4. The summed E-state index contributed by atoms with van der Waals surface area (Å²) >= 11 is 0. The number of hydrogen-bond donors (Lipinski definition) is 6. The average Bonchev–Trinajstić information content (AvgIpc) is 4.12. The second-order valence-electron chi connectivity index (χ2n) is 15.8. The second-order valence-corrected chi connectivity index (χ2v) is 15.8. The Balaban J connectivity index is 0.912. The summed E-state index contributed by atoms with van der Waals surface area (Å²) in [7, 11) is 0. The van der Waals surface area contributed by atoms with E-state index in [9.17, 15) is 29.4 Å². The molecule has 6 N–H and O–H groups in total. The molecule has 314 valence electrons. The number of nitrogens with zero attached hydrogens (tertiary/aromatic N) is 4. The Hall–Kier alpha value is -7.66. The Morgan fingerprint density at radius 3 is 1.76 bits per heavy atom. The van der Waals surface area contributed by atoms with Crippen molar-refractivity contribution in [2.45, 2.75) is 63.2 Å². The predicted molar refractivity (Wildman–Crippen MR) is 231 cm³/mol. The van der Waals surface area contributed by atoms with E-state index in [0.29, 0.717) is 48.7 Å². The van der Waals surface area contributed by atoms with E-state index in [1.807, 2.05) is 73.7 Å². The molecule has 14 nitrogen and oxygen atoms in total. The maximum atomic E-state index is 14.2. The molecule has 4 amide bonds. The van der Waals surface area contributed by atoms with Crippen molar-refractivity contribution in [3.8, 4) is 34.4 Å². The largest absolute Gasteiger partial charge is 0.465 e. The molecule has 2 unspecified atom stereocenters. The molecular formula is C48H46N8O6. The van der Waals surface area contributed by atoms with Gasteiger partial charge in [0.2, 0.25) is 0 Å². The van der Waals surface area contributed by atoms with E-state index in [1.165, 1.54) is 0 Å². The van der Waals surface area contributed by atoms with E-state index in [-0.39, 0.29) is 23.9 Å². The van der Waals surface area contributed by atoms with Crippen LogP contribution in [0.4, 0.5) is 9.59 Å². The zero-order chi connectivity index (χ0) is 43.4. The quantitative estimate of drug-likeness (QED) is 0.0756. The normalized spacial score (nSPS) is 17.4. The molecule has 0 spiro atoms. The van der Waals surface area contributed by atoms with Gasteiger partial charge in [-0.1, -0.05) is 90.7 Å². The predicted octanol–water partition coefficient (Wildman–Crippen LogP) is 7.69. The van der Waals surface area contributed by atoms with Gasteiger partial charge in [0.25, 0.3) is 11.8 Å². The number of H-pyrrole nitrogens is 2. The first-order valence-corrected chi connectivity index (χ1v) is 20.5. The molecule has 4 aromatic carbocycles.